The average Bonchev–Trinajstić information content (AvgIpc) is 2.82. The molecule has 0 aliphatic rings. The Morgan fingerprint density at radius 3 is 2.67 bits per heavy atom. The van der Waals surface area contributed by atoms with Gasteiger partial charge < -0.3 is 5.32 Å². The fourth-order valence-corrected chi connectivity index (χ4v) is 3.23. The number of hydrogen-bond donors (Lipinski definition) is 1. The van der Waals surface area contributed by atoms with E-state index in [0.717, 1.165) is 45.6 Å². The van der Waals surface area contributed by atoms with Crippen molar-refractivity contribution in [1.82, 2.24) is 15.5 Å². The quantitative estimate of drug-likeness (QED) is 0.824. The summed E-state index contributed by atoms with van der Waals surface area (Å²) in [5.41, 5.74) is 2.43. The Morgan fingerprint density at radius 2 is 2.00 bits per heavy atom. The highest BCUT2D eigenvalue weighted by atomic mass is 35.5. The van der Waals surface area contributed by atoms with Crippen molar-refractivity contribution in [2.45, 2.75) is 46.1 Å². The van der Waals surface area contributed by atoms with Crippen molar-refractivity contribution >= 4 is 22.9 Å². The van der Waals surface area contributed by atoms with Crippen LogP contribution in [-0.4, -0.2) is 22.3 Å². The van der Waals surface area contributed by atoms with Crippen LogP contribution in [-0.2, 0) is 6.42 Å². The van der Waals surface area contributed by atoms with Crippen LogP contribution in [0.4, 0.5) is 0 Å². The van der Waals surface area contributed by atoms with E-state index < -0.39 is 0 Å². The second-order valence-electron chi connectivity index (χ2n) is 6.24. The van der Waals surface area contributed by atoms with Gasteiger partial charge in [0, 0.05) is 22.5 Å². The Labute approximate surface area is 135 Å². The van der Waals surface area contributed by atoms with Crippen molar-refractivity contribution < 1.29 is 0 Å². The SMILES string of the molecule is Cc1cc(Cl)ccc1-c1nnc(CCCNC(C)(C)C)s1. The van der Waals surface area contributed by atoms with E-state index in [1.807, 2.05) is 18.2 Å². The molecule has 0 spiro atoms. The highest BCUT2D eigenvalue weighted by Crippen LogP contribution is 2.28. The van der Waals surface area contributed by atoms with Crippen LogP contribution in [0.15, 0.2) is 18.2 Å². The van der Waals surface area contributed by atoms with E-state index in [1.165, 1.54) is 0 Å². The van der Waals surface area contributed by atoms with Gasteiger partial charge in [0.2, 0.25) is 0 Å². The summed E-state index contributed by atoms with van der Waals surface area (Å²) in [6.07, 6.45) is 2.04. The summed E-state index contributed by atoms with van der Waals surface area (Å²) in [6, 6.07) is 5.88. The molecule has 0 atom stereocenters. The van der Waals surface area contributed by atoms with Gasteiger partial charge in [-0.3, -0.25) is 0 Å². The van der Waals surface area contributed by atoms with Gasteiger partial charge in [-0.1, -0.05) is 29.0 Å². The maximum atomic E-state index is 5.99. The minimum Gasteiger partial charge on any atom is -0.312 e. The summed E-state index contributed by atoms with van der Waals surface area (Å²) >= 11 is 7.66. The highest BCUT2D eigenvalue weighted by Gasteiger charge is 2.11. The lowest BCUT2D eigenvalue weighted by atomic mass is 10.1. The first kappa shape index (κ1) is 16.4. The van der Waals surface area contributed by atoms with E-state index in [4.69, 9.17) is 11.6 Å². The maximum absolute atomic E-state index is 5.99. The molecule has 21 heavy (non-hydrogen) atoms. The molecule has 2 aromatic rings. The number of nitrogens with zero attached hydrogens (tertiary/aromatic N) is 2. The number of benzene rings is 1. The fraction of sp³-hybridized carbons (Fsp3) is 0.500. The van der Waals surface area contributed by atoms with Crippen LogP contribution in [0.1, 0.15) is 37.8 Å². The van der Waals surface area contributed by atoms with Gasteiger partial charge in [-0.25, -0.2) is 0 Å². The minimum atomic E-state index is 0.173. The lowest BCUT2D eigenvalue weighted by Gasteiger charge is -2.20. The van der Waals surface area contributed by atoms with Gasteiger partial charge in [0.25, 0.3) is 0 Å². The molecule has 0 aliphatic heterocycles. The van der Waals surface area contributed by atoms with Gasteiger partial charge in [0.15, 0.2) is 0 Å². The highest BCUT2D eigenvalue weighted by molar-refractivity contribution is 7.14. The summed E-state index contributed by atoms with van der Waals surface area (Å²) in [6.45, 7) is 9.59. The van der Waals surface area contributed by atoms with Crippen molar-refractivity contribution in [3.8, 4) is 10.6 Å². The predicted octanol–water partition coefficient (Wildman–Crippen LogP) is 4.49. The summed E-state index contributed by atoms with van der Waals surface area (Å²) in [7, 11) is 0. The number of nitrogens with one attached hydrogen (secondary N) is 1. The zero-order chi connectivity index (χ0) is 15.5. The topological polar surface area (TPSA) is 37.8 Å². The summed E-state index contributed by atoms with van der Waals surface area (Å²) < 4.78 is 0. The molecule has 0 aliphatic carbocycles. The Kier molecular flexibility index (Phi) is 5.36. The summed E-state index contributed by atoms with van der Waals surface area (Å²) in [5.74, 6) is 0. The van der Waals surface area contributed by atoms with Crippen LogP contribution in [0.3, 0.4) is 0 Å². The van der Waals surface area contributed by atoms with Gasteiger partial charge in [-0.15, -0.1) is 10.2 Å². The van der Waals surface area contributed by atoms with Crippen LogP contribution in [0, 0.1) is 6.92 Å². The molecule has 0 amide bonds. The molecular formula is C16H22ClN3S. The standard InChI is InChI=1S/C16H22ClN3S/c1-11-10-12(17)7-8-13(11)15-20-19-14(21-15)6-5-9-18-16(2,3)4/h7-8,10,18H,5-6,9H2,1-4H3. The smallest absolute Gasteiger partial charge is 0.148 e. The van der Waals surface area contributed by atoms with E-state index in [1.54, 1.807) is 11.3 Å². The van der Waals surface area contributed by atoms with E-state index in [2.05, 4.69) is 43.2 Å². The number of aryl methyl sites for hydroxylation is 2. The second-order valence-corrected chi connectivity index (χ2v) is 7.74. The first-order valence-electron chi connectivity index (χ1n) is 7.19. The molecule has 0 unspecified atom stereocenters. The molecule has 114 valence electrons. The molecule has 1 aromatic heterocycles. The molecule has 0 fully saturated rings. The molecule has 5 heteroatoms. The summed E-state index contributed by atoms with van der Waals surface area (Å²) in [5, 5.41) is 14.9. The number of hydrogen-bond acceptors (Lipinski definition) is 4. The van der Waals surface area contributed by atoms with Gasteiger partial charge >= 0.3 is 0 Å². The zero-order valence-electron chi connectivity index (χ0n) is 13.0. The number of aromatic nitrogens is 2. The molecular weight excluding hydrogens is 302 g/mol. The molecule has 1 aromatic carbocycles. The van der Waals surface area contributed by atoms with E-state index in [-0.39, 0.29) is 5.54 Å². The van der Waals surface area contributed by atoms with E-state index >= 15 is 0 Å². The van der Waals surface area contributed by atoms with Crippen LogP contribution in [0.2, 0.25) is 5.02 Å². The molecule has 0 bridgehead atoms. The minimum absolute atomic E-state index is 0.173. The van der Waals surface area contributed by atoms with Crippen LogP contribution in [0.5, 0.6) is 0 Å². The Bertz CT molecular complexity index is 602. The number of halogens is 1. The van der Waals surface area contributed by atoms with Crippen molar-refractivity contribution in [3.63, 3.8) is 0 Å². The van der Waals surface area contributed by atoms with Crippen molar-refractivity contribution in [1.29, 1.82) is 0 Å². The Morgan fingerprint density at radius 1 is 1.24 bits per heavy atom. The Balaban J connectivity index is 1.95. The van der Waals surface area contributed by atoms with Crippen LogP contribution >= 0.6 is 22.9 Å². The van der Waals surface area contributed by atoms with Gasteiger partial charge in [0.05, 0.1) is 0 Å². The molecule has 0 saturated carbocycles. The van der Waals surface area contributed by atoms with Crippen LogP contribution in [0.25, 0.3) is 10.6 Å². The fourth-order valence-electron chi connectivity index (χ4n) is 2.03. The van der Waals surface area contributed by atoms with Crippen LogP contribution < -0.4 is 5.32 Å². The third-order valence-corrected chi connectivity index (χ3v) is 4.36. The van der Waals surface area contributed by atoms with E-state index in [0.29, 0.717) is 0 Å². The van der Waals surface area contributed by atoms with Crippen molar-refractivity contribution in [2.24, 2.45) is 0 Å². The second kappa shape index (κ2) is 6.86. The molecule has 0 radical (unpaired) electrons. The average molecular weight is 324 g/mol. The zero-order valence-corrected chi connectivity index (χ0v) is 14.6. The van der Waals surface area contributed by atoms with Gasteiger partial charge in [-0.2, -0.15) is 0 Å². The third-order valence-electron chi connectivity index (χ3n) is 3.11. The number of rotatable bonds is 5. The van der Waals surface area contributed by atoms with Gasteiger partial charge in [-0.05, 0) is 58.4 Å². The molecule has 1 N–H and O–H groups in total. The molecule has 3 nitrogen and oxygen atoms in total. The Hall–Kier alpha value is -0.970. The molecule has 1 heterocycles. The molecule has 0 saturated heterocycles. The van der Waals surface area contributed by atoms with Gasteiger partial charge in [0.1, 0.15) is 10.0 Å². The first-order chi connectivity index (χ1) is 9.85. The first-order valence-corrected chi connectivity index (χ1v) is 8.38. The summed E-state index contributed by atoms with van der Waals surface area (Å²) in [4.78, 5) is 0. The largest absolute Gasteiger partial charge is 0.312 e. The normalized spacial score (nSPS) is 11.9. The van der Waals surface area contributed by atoms with E-state index in [9.17, 15) is 0 Å². The molecule has 2 rings (SSSR count). The lowest BCUT2D eigenvalue weighted by Crippen LogP contribution is -2.36. The lowest BCUT2D eigenvalue weighted by molar-refractivity contribution is 0.422. The third kappa shape index (κ3) is 5.06. The van der Waals surface area contributed by atoms with Crippen molar-refractivity contribution in [2.75, 3.05) is 6.54 Å². The monoisotopic (exact) mass is 323 g/mol. The van der Waals surface area contributed by atoms with Crippen molar-refractivity contribution in [3.05, 3.63) is 33.8 Å². The maximum Gasteiger partial charge on any atom is 0.148 e. The predicted molar refractivity (Wildman–Crippen MR) is 91.2 cm³/mol.